The van der Waals surface area contributed by atoms with Gasteiger partial charge in [0.05, 0.1) is 0 Å². The molecule has 0 aromatic heterocycles. The molecule has 0 aliphatic carbocycles. The monoisotopic (exact) mass is 424 g/mol. The van der Waals surface area contributed by atoms with E-state index in [1.807, 2.05) is 0 Å². The number of nitrogens with one attached hydrogen (secondary N) is 2. The van der Waals surface area contributed by atoms with E-state index >= 15 is 0 Å². The average molecular weight is 424 g/mol. The van der Waals surface area contributed by atoms with Crippen LogP contribution >= 0.6 is 24.0 Å². The Hall–Kier alpha value is -0.0400. The number of nitrogens with zero attached hydrogens (tertiary/aromatic N) is 2. The van der Waals surface area contributed by atoms with Crippen molar-refractivity contribution in [3.63, 3.8) is 0 Å². The zero-order valence-electron chi connectivity index (χ0n) is 15.2. The Morgan fingerprint density at radius 2 is 1.82 bits per heavy atom. The minimum atomic E-state index is 0. The highest BCUT2D eigenvalue weighted by Gasteiger charge is 2.18. The topological polar surface area (TPSA) is 39.7 Å². The predicted octanol–water partition coefficient (Wildman–Crippen LogP) is 3.33. The first kappa shape index (κ1) is 22.0. The van der Waals surface area contributed by atoms with E-state index in [2.05, 4.69) is 50.2 Å². The molecule has 0 amide bonds. The number of aliphatic imine (C=N–C) groups is 1. The zero-order valence-corrected chi connectivity index (χ0v) is 17.5. The minimum Gasteiger partial charge on any atom is -0.357 e. The van der Waals surface area contributed by atoms with E-state index in [9.17, 15) is 0 Å². The van der Waals surface area contributed by atoms with Gasteiger partial charge < -0.3 is 15.5 Å². The number of guanidine groups is 1. The molecule has 1 aliphatic rings. The smallest absolute Gasteiger partial charge is 0.191 e. The Morgan fingerprint density at radius 3 is 2.32 bits per heavy atom. The van der Waals surface area contributed by atoms with Crippen LogP contribution in [0.5, 0.6) is 0 Å². The summed E-state index contributed by atoms with van der Waals surface area (Å²) in [7, 11) is 0. The fourth-order valence-electron chi connectivity index (χ4n) is 2.63. The SMILES string of the molecule is CCCN1CCC(CN=C(NCC)NC(C)C(C)C)CC1.I. The lowest BCUT2D eigenvalue weighted by atomic mass is 9.97. The van der Waals surface area contributed by atoms with Crippen molar-refractivity contribution in [1.29, 1.82) is 0 Å². The number of hydrogen-bond donors (Lipinski definition) is 2. The average Bonchev–Trinajstić information content (AvgIpc) is 2.46. The van der Waals surface area contributed by atoms with E-state index in [1.165, 1.54) is 38.9 Å². The van der Waals surface area contributed by atoms with Crippen LogP contribution in [-0.2, 0) is 0 Å². The van der Waals surface area contributed by atoms with Crippen LogP contribution in [0, 0.1) is 11.8 Å². The number of halogens is 1. The van der Waals surface area contributed by atoms with E-state index in [4.69, 9.17) is 4.99 Å². The lowest BCUT2D eigenvalue weighted by Crippen LogP contribution is -2.44. The molecule has 1 atom stereocenters. The number of piperidine rings is 1. The molecular weight excluding hydrogens is 387 g/mol. The molecule has 1 heterocycles. The highest BCUT2D eigenvalue weighted by molar-refractivity contribution is 14.0. The number of hydrogen-bond acceptors (Lipinski definition) is 2. The van der Waals surface area contributed by atoms with Gasteiger partial charge in [-0.1, -0.05) is 20.8 Å². The Morgan fingerprint density at radius 1 is 1.18 bits per heavy atom. The predicted molar refractivity (Wildman–Crippen MR) is 108 cm³/mol. The van der Waals surface area contributed by atoms with Gasteiger partial charge in [-0.05, 0) is 64.6 Å². The second-order valence-electron chi connectivity index (χ2n) is 6.68. The van der Waals surface area contributed by atoms with Crippen molar-refractivity contribution in [3.8, 4) is 0 Å². The van der Waals surface area contributed by atoms with Crippen molar-refractivity contribution >= 4 is 29.9 Å². The normalized spacial score (nSPS) is 18.9. The molecule has 0 spiro atoms. The third-order valence-corrected chi connectivity index (χ3v) is 4.46. The van der Waals surface area contributed by atoms with Crippen LogP contribution < -0.4 is 10.6 Å². The first-order valence-corrected chi connectivity index (χ1v) is 8.84. The molecule has 0 aromatic rings. The second-order valence-corrected chi connectivity index (χ2v) is 6.68. The van der Waals surface area contributed by atoms with Gasteiger partial charge in [0.2, 0.25) is 0 Å². The van der Waals surface area contributed by atoms with Gasteiger partial charge in [-0.3, -0.25) is 4.99 Å². The van der Waals surface area contributed by atoms with Gasteiger partial charge in [0, 0.05) is 19.1 Å². The van der Waals surface area contributed by atoms with Crippen molar-refractivity contribution in [2.45, 2.75) is 59.9 Å². The molecule has 0 saturated carbocycles. The Balaban J connectivity index is 0.00000441. The molecule has 1 fully saturated rings. The summed E-state index contributed by atoms with van der Waals surface area (Å²) < 4.78 is 0. The van der Waals surface area contributed by atoms with Crippen LogP contribution in [-0.4, -0.2) is 49.6 Å². The lowest BCUT2D eigenvalue weighted by molar-refractivity contribution is 0.188. The summed E-state index contributed by atoms with van der Waals surface area (Å²) in [6, 6.07) is 0.453. The fourth-order valence-corrected chi connectivity index (χ4v) is 2.63. The second kappa shape index (κ2) is 12.4. The quantitative estimate of drug-likeness (QED) is 0.374. The number of rotatable bonds is 7. The van der Waals surface area contributed by atoms with E-state index in [0.29, 0.717) is 12.0 Å². The molecule has 0 aromatic carbocycles. The minimum absolute atomic E-state index is 0. The molecule has 0 bridgehead atoms. The van der Waals surface area contributed by atoms with Crippen LogP contribution in [0.2, 0.25) is 0 Å². The molecule has 4 nitrogen and oxygen atoms in total. The largest absolute Gasteiger partial charge is 0.357 e. The van der Waals surface area contributed by atoms with Gasteiger partial charge in [0.15, 0.2) is 5.96 Å². The standard InChI is InChI=1S/C17H36N4.HI/c1-6-10-21-11-8-16(9-12-21)13-19-17(18-7-2)20-15(5)14(3)4;/h14-16H,6-13H2,1-5H3,(H2,18,19,20);1H. The van der Waals surface area contributed by atoms with Gasteiger partial charge in [-0.2, -0.15) is 0 Å². The van der Waals surface area contributed by atoms with Gasteiger partial charge in [-0.25, -0.2) is 0 Å². The van der Waals surface area contributed by atoms with Gasteiger partial charge in [0.1, 0.15) is 0 Å². The van der Waals surface area contributed by atoms with E-state index in [0.717, 1.165) is 25.0 Å². The Kier molecular flexibility index (Phi) is 12.4. The molecule has 1 rings (SSSR count). The molecule has 0 radical (unpaired) electrons. The molecule has 1 unspecified atom stereocenters. The van der Waals surface area contributed by atoms with Crippen LogP contribution in [0.4, 0.5) is 0 Å². The maximum Gasteiger partial charge on any atom is 0.191 e. The maximum atomic E-state index is 4.81. The third-order valence-electron chi connectivity index (χ3n) is 4.46. The highest BCUT2D eigenvalue weighted by Crippen LogP contribution is 2.17. The molecule has 22 heavy (non-hydrogen) atoms. The van der Waals surface area contributed by atoms with E-state index in [1.54, 1.807) is 0 Å². The van der Waals surface area contributed by atoms with Crippen LogP contribution in [0.25, 0.3) is 0 Å². The van der Waals surface area contributed by atoms with Gasteiger partial charge >= 0.3 is 0 Å². The summed E-state index contributed by atoms with van der Waals surface area (Å²) in [6.07, 6.45) is 3.86. The van der Waals surface area contributed by atoms with Gasteiger partial charge in [0.25, 0.3) is 0 Å². The van der Waals surface area contributed by atoms with Crippen molar-refractivity contribution in [2.75, 3.05) is 32.7 Å². The molecule has 132 valence electrons. The van der Waals surface area contributed by atoms with Crippen molar-refractivity contribution in [1.82, 2.24) is 15.5 Å². The third kappa shape index (κ3) is 8.56. The highest BCUT2D eigenvalue weighted by atomic mass is 127. The molecule has 2 N–H and O–H groups in total. The first-order chi connectivity index (χ1) is 10.1. The van der Waals surface area contributed by atoms with Gasteiger partial charge in [-0.15, -0.1) is 24.0 Å². The molecule has 1 saturated heterocycles. The zero-order chi connectivity index (χ0) is 15.7. The van der Waals surface area contributed by atoms with Crippen molar-refractivity contribution in [3.05, 3.63) is 0 Å². The molecular formula is C17H37IN4. The van der Waals surface area contributed by atoms with E-state index < -0.39 is 0 Å². The van der Waals surface area contributed by atoms with E-state index in [-0.39, 0.29) is 24.0 Å². The fraction of sp³-hybridized carbons (Fsp3) is 0.941. The number of likely N-dealkylation sites (tertiary alicyclic amines) is 1. The summed E-state index contributed by atoms with van der Waals surface area (Å²) in [5.74, 6) is 2.35. The summed E-state index contributed by atoms with van der Waals surface area (Å²) in [5.41, 5.74) is 0. The van der Waals surface area contributed by atoms with Crippen LogP contribution in [0.15, 0.2) is 4.99 Å². The van der Waals surface area contributed by atoms with Crippen molar-refractivity contribution < 1.29 is 0 Å². The first-order valence-electron chi connectivity index (χ1n) is 8.84. The summed E-state index contributed by atoms with van der Waals surface area (Å²) >= 11 is 0. The summed E-state index contributed by atoms with van der Waals surface area (Å²) in [6.45, 7) is 16.7. The Bertz CT molecular complexity index is 299. The lowest BCUT2D eigenvalue weighted by Gasteiger charge is -2.31. The van der Waals surface area contributed by atoms with Crippen molar-refractivity contribution in [2.24, 2.45) is 16.8 Å². The molecule has 5 heteroatoms. The van der Waals surface area contributed by atoms with Crippen LogP contribution in [0.3, 0.4) is 0 Å². The summed E-state index contributed by atoms with van der Waals surface area (Å²) in [5, 5.41) is 6.88. The summed E-state index contributed by atoms with van der Waals surface area (Å²) in [4.78, 5) is 7.39. The maximum absolute atomic E-state index is 4.81. The van der Waals surface area contributed by atoms with Crippen LogP contribution in [0.1, 0.15) is 53.9 Å². The Labute approximate surface area is 154 Å². The molecule has 1 aliphatic heterocycles.